The number of nitrogens with one attached hydrogen (secondary N) is 2. The molecule has 6 atom stereocenters. The zero-order chi connectivity index (χ0) is 38.3. The maximum absolute atomic E-state index is 16.7. The highest BCUT2D eigenvalue weighted by molar-refractivity contribution is 5.80. The second-order valence-electron chi connectivity index (χ2n) is 12.9. The van der Waals surface area contributed by atoms with E-state index in [9.17, 15) is 19.5 Å². The Labute approximate surface area is 312 Å². The Balaban J connectivity index is 1.44. The van der Waals surface area contributed by atoms with Crippen molar-refractivity contribution < 1.29 is 52.0 Å². The van der Waals surface area contributed by atoms with Crippen molar-refractivity contribution in [1.29, 1.82) is 0 Å². The number of carbonyl (C=O) groups is 3. The highest BCUT2D eigenvalue weighted by atomic mass is 19.3. The van der Waals surface area contributed by atoms with Crippen LogP contribution in [0.15, 0.2) is 121 Å². The summed E-state index contributed by atoms with van der Waals surface area (Å²) in [7, 11) is 0. The number of alkyl halides is 2. The summed E-state index contributed by atoms with van der Waals surface area (Å²) >= 11 is 0. The van der Waals surface area contributed by atoms with E-state index < -0.39 is 66.8 Å². The van der Waals surface area contributed by atoms with Gasteiger partial charge in [0.2, 0.25) is 5.91 Å². The number of rotatable bonds is 18. The summed E-state index contributed by atoms with van der Waals surface area (Å²) in [4.78, 5) is 37.6. The smallest absolute Gasteiger partial charge is 0.408 e. The first kappa shape index (κ1) is 40.0. The van der Waals surface area contributed by atoms with E-state index in [0.29, 0.717) is 5.56 Å². The Morgan fingerprint density at radius 1 is 0.722 bits per heavy atom. The number of amides is 2. The molecule has 13 heteroatoms. The third kappa shape index (κ3) is 11.9. The molecular weight excluding hydrogens is 702 g/mol. The van der Waals surface area contributed by atoms with Gasteiger partial charge >= 0.3 is 12.1 Å². The zero-order valence-electron chi connectivity index (χ0n) is 29.7. The van der Waals surface area contributed by atoms with Crippen LogP contribution in [0, 0.1) is 0 Å². The highest BCUT2D eigenvalue weighted by Crippen LogP contribution is 2.38. The first-order valence-corrected chi connectivity index (χ1v) is 17.5. The molecule has 1 saturated heterocycles. The van der Waals surface area contributed by atoms with Gasteiger partial charge in [-0.05, 0) is 22.3 Å². The van der Waals surface area contributed by atoms with E-state index >= 15 is 8.78 Å². The van der Waals surface area contributed by atoms with Crippen molar-refractivity contribution in [2.75, 3.05) is 6.61 Å². The minimum atomic E-state index is -3.97. The van der Waals surface area contributed by atoms with E-state index in [1.807, 2.05) is 72.0 Å². The maximum Gasteiger partial charge on any atom is 0.408 e. The van der Waals surface area contributed by atoms with E-state index in [0.717, 1.165) is 16.7 Å². The minimum absolute atomic E-state index is 0.0325. The Hall–Kier alpha value is -5.21. The molecule has 1 aliphatic rings. The average Bonchev–Trinajstić information content (AvgIpc) is 3.17. The van der Waals surface area contributed by atoms with E-state index in [4.69, 9.17) is 23.7 Å². The molecule has 1 heterocycles. The molecule has 0 aromatic heterocycles. The third-order valence-corrected chi connectivity index (χ3v) is 8.72. The van der Waals surface area contributed by atoms with Gasteiger partial charge in [0.25, 0.3) is 5.92 Å². The summed E-state index contributed by atoms with van der Waals surface area (Å²) in [5.41, 5.74) is 2.97. The summed E-state index contributed by atoms with van der Waals surface area (Å²) in [6.07, 6.45) is -8.20. The number of alkyl carbamates (subject to hydrolysis) is 1. The molecule has 11 nitrogen and oxygen atoms in total. The first-order chi connectivity index (χ1) is 26.1. The SMILES string of the molecule is CC(=O)N[C@@H]1[C@@H](OCc2ccccc2)[C@@H](OCc2ccccc2)[C@@H](COCc2ccccc2)O[C@@H]1C(F)(F)C[C@@H](NC(=O)OCc1ccccc1)C(=O)O. The highest BCUT2D eigenvalue weighted by Gasteiger charge is 2.58. The number of hydrogen-bond acceptors (Lipinski definition) is 8. The molecular formula is C41H44F2N2O9. The van der Waals surface area contributed by atoms with Crippen LogP contribution in [0.2, 0.25) is 0 Å². The van der Waals surface area contributed by atoms with Gasteiger partial charge < -0.3 is 39.4 Å². The van der Waals surface area contributed by atoms with Crippen LogP contribution in [0.3, 0.4) is 0 Å². The summed E-state index contributed by atoms with van der Waals surface area (Å²) in [5.74, 6) is -6.35. The lowest BCUT2D eigenvalue weighted by Crippen LogP contribution is -2.69. The molecule has 286 valence electrons. The topological polar surface area (TPSA) is 142 Å². The molecule has 1 fully saturated rings. The van der Waals surface area contributed by atoms with E-state index in [2.05, 4.69) is 5.32 Å². The Morgan fingerprint density at radius 3 is 1.67 bits per heavy atom. The van der Waals surface area contributed by atoms with E-state index in [1.54, 1.807) is 54.6 Å². The quantitative estimate of drug-likeness (QED) is 0.111. The Bertz CT molecular complexity index is 1750. The van der Waals surface area contributed by atoms with Crippen molar-refractivity contribution >= 4 is 18.0 Å². The van der Waals surface area contributed by atoms with Gasteiger partial charge in [0.1, 0.15) is 37.1 Å². The van der Waals surface area contributed by atoms with Gasteiger partial charge in [-0.25, -0.2) is 18.4 Å². The van der Waals surface area contributed by atoms with Crippen LogP contribution in [-0.4, -0.2) is 72.1 Å². The number of benzene rings is 4. The van der Waals surface area contributed by atoms with Gasteiger partial charge in [-0.1, -0.05) is 121 Å². The fourth-order valence-corrected chi connectivity index (χ4v) is 6.12. The Kier molecular flexibility index (Phi) is 14.6. The number of carboxylic acid groups (broad SMARTS) is 1. The summed E-state index contributed by atoms with van der Waals surface area (Å²) < 4.78 is 63.5. The molecule has 4 aromatic rings. The number of ether oxygens (including phenoxy) is 5. The van der Waals surface area contributed by atoms with Crippen molar-refractivity contribution in [2.24, 2.45) is 0 Å². The molecule has 2 amide bonds. The summed E-state index contributed by atoms with van der Waals surface area (Å²) in [6.45, 7) is 0.900. The van der Waals surface area contributed by atoms with Crippen LogP contribution in [0.1, 0.15) is 35.6 Å². The number of carbonyl (C=O) groups excluding carboxylic acids is 2. The molecule has 0 spiro atoms. The van der Waals surface area contributed by atoms with Gasteiger partial charge in [-0.2, -0.15) is 0 Å². The average molecular weight is 747 g/mol. The van der Waals surface area contributed by atoms with Crippen LogP contribution >= 0.6 is 0 Å². The predicted octanol–water partition coefficient (Wildman–Crippen LogP) is 6.05. The lowest BCUT2D eigenvalue weighted by atomic mass is 9.86. The van der Waals surface area contributed by atoms with Gasteiger partial charge in [0.05, 0.1) is 32.5 Å². The molecule has 0 unspecified atom stereocenters. The number of halogens is 2. The zero-order valence-corrected chi connectivity index (χ0v) is 29.7. The molecule has 0 bridgehead atoms. The van der Waals surface area contributed by atoms with Gasteiger partial charge in [-0.3, -0.25) is 4.79 Å². The minimum Gasteiger partial charge on any atom is -0.480 e. The molecule has 0 radical (unpaired) electrons. The van der Waals surface area contributed by atoms with Crippen LogP contribution in [0.5, 0.6) is 0 Å². The lowest BCUT2D eigenvalue weighted by molar-refractivity contribution is -0.275. The number of aliphatic carboxylic acids is 1. The Morgan fingerprint density at radius 2 is 1.19 bits per heavy atom. The predicted molar refractivity (Wildman–Crippen MR) is 193 cm³/mol. The van der Waals surface area contributed by atoms with E-state index in [1.165, 1.54) is 6.92 Å². The molecule has 4 aromatic carbocycles. The molecule has 54 heavy (non-hydrogen) atoms. The maximum atomic E-state index is 16.7. The number of hydrogen-bond donors (Lipinski definition) is 3. The van der Waals surface area contributed by atoms with Crippen LogP contribution < -0.4 is 10.6 Å². The second kappa shape index (κ2) is 19.7. The molecule has 3 N–H and O–H groups in total. The van der Waals surface area contributed by atoms with Crippen molar-refractivity contribution in [3.05, 3.63) is 144 Å². The van der Waals surface area contributed by atoms with Crippen LogP contribution in [0.25, 0.3) is 0 Å². The monoisotopic (exact) mass is 746 g/mol. The lowest BCUT2D eigenvalue weighted by Gasteiger charge is -2.48. The van der Waals surface area contributed by atoms with E-state index in [-0.39, 0.29) is 33.0 Å². The van der Waals surface area contributed by atoms with Gasteiger partial charge in [0, 0.05) is 13.3 Å². The fraction of sp³-hybridized carbons (Fsp3) is 0.341. The van der Waals surface area contributed by atoms with Crippen molar-refractivity contribution in [3.63, 3.8) is 0 Å². The van der Waals surface area contributed by atoms with Crippen molar-refractivity contribution in [1.82, 2.24) is 10.6 Å². The third-order valence-electron chi connectivity index (χ3n) is 8.72. The van der Waals surface area contributed by atoms with Crippen LogP contribution in [-0.2, 0) is 59.7 Å². The summed E-state index contributed by atoms with van der Waals surface area (Å²) in [6, 6.07) is 32.4. The van der Waals surface area contributed by atoms with Gasteiger partial charge in [-0.15, -0.1) is 0 Å². The molecule has 1 aliphatic heterocycles. The first-order valence-electron chi connectivity index (χ1n) is 17.5. The molecule has 0 aliphatic carbocycles. The molecule has 5 rings (SSSR count). The van der Waals surface area contributed by atoms with Crippen molar-refractivity contribution in [2.45, 2.75) is 82.2 Å². The van der Waals surface area contributed by atoms with Crippen LogP contribution in [0.4, 0.5) is 13.6 Å². The van der Waals surface area contributed by atoms with Crippen molar-refractivity contribution in [3.8, 4) is 0 Å². The standard InChI is InChI=1S/C41H44F2N2O9/c1-28(46)44-35-37(52-25-31-18-10-4-11-19-31)36(51-24-30-16-8-3-9-17-30)34(27-50-23-29-14-6-2-7-15-29)54-38(35)41(42,43)22-33(39(47)48)45-40(49)53-26-32-20-12-5-13-21-32/h2-21,33-38H,22-27H2,1H3,(H,44,46)(H,45,49)(H,47,48)/t33-,34-,35-,36+,37-,38+/m1/s1. The summed E-state index contributed by atoms with van der Waals surface area (Å²) in [5, 5.41) is 14.6. The largest absolute Gasteiger partial charge is 0.480 e. The number of carboxylic acids is 1. The van der Waals surface area contributed by atoms with Gasteiger partial charge in [0.15, 0.2) is 0 Å². The normalized spacial score (nSPS) is 20.4. The fourth-order valence-electron chi connectivity index (χ4n) is 6.12. The second-order valence-corrected chi connectivity index (χ2v) is 12.9. The molecule has 0 saturated carbocycles.